The Morgan fingerprint density at radius 1 is 1.00 bits per heavy atom. The van der Waals surface area contributed by atoms with Crippen LogP contribution in [0, 0.1) is 20.8 Å². The molecule has 0 bridgehead atoms. The van der Waals surface area contributed by atoms with Crippen LogP contribution in [-0.2, 0) is 9.59 Å². The Morgan fingerprint density at radius 3 is 2.29 bits per heavy atom. The Kier molecular flexibility index (Phi) is 7.33. The van der Waals surface area contributed by atoms with Crippen LogP contribution in [0.1, 0.15) is 23.6 Å². The number of aryl methyl sites for hydroxylation is 2. The monoisotopic (exact) mass is 422 g/mol. The zero-order valence-corrected chi connectivity index (χ0v) is 19.3. The number of rotatable bonds is 6. The summed E-state index contributed by atoms with van der Waals surface area (Å²) in [7, 11) is 1.69. The van der Waals surface area contributed by atoms with Crippen LogP contribution in [0.5, 0.6) is 0 Å². The van der Waals surface area contributed by atoms with Crippen LogP contribution >= 0.6 is 0 Å². The number of likely N-dealkylation sites (N-methyl/N-ethyl adjacent to an activating group) is 1. The molecule has 1 N–H and O–H groups in total. The van der Waals surface area contributed by atoms with E-state index in [1.807, 2.05) is 38.1 Å². The third-order valence-corrected chi connectivity index (χ3v) is 6.23. The van der Waals surface area contributed by atoms with Crippen molar-refractivity contribution in [2.24, 2.45) is 0 Å². The van der Waals surface area contributed by atoms with Gasteiger partial charge < -0.3 is 15.1 Å². The topological polar surface area (TPSA) is 55.9 Å². The number of nitrogens with zero attached hydrogens (tertiary/aromatic N) is 3. The Labute approximate surface area is 185 Å². The molecule has 0 unspecified atom stereocenters. The molecule has 1 saturated heterocycles. The highest BCUT2D eigenvalue weighted by Crippen LogP contribution is 2.24. The summed E-state index contributed by atoms with van der Waals surface area (Å²) in [6.07, 6.45) is 0. The van der Waals surface area contributed by atoms with Crippen molar-refractivity contribution in [2.75, 3.05) is 50.0 Å². The number of hydrogen-bond acceptors (Lipinski definition) is 4. The highest BCUT2D eigenvalue weighted by atomic mass is 16.2. The van der Waals surface area contributed by atoms with E-state index in [1.54, 1.807) is 7.05 Å². The van der Waals surface area contributed by atoms with Crippen LogP contribution in [0.2, 0.25) is 0 Å². The maximum Gasteiger partial charge on any atom is 0.243 e. The van der Waals surface area contributed by atoms with Crippen LogP contribution in [-0.4, -0.2) is 67.4 Å². The Balaban J connectivity index is 1.51. The number of benzene rings is 2. The van der Waals surface area contributed by atoms with Gasteiger partial charge in [0.15, 0.2) is 0 Å². The maximum atomic E-state index is 12.9. The summed E-state index contributed by atoms with van der Waals surface area (Å²) in [5.41, 5.74) is 5.78. The van der Waals surface area contributed by atoms with E-state index >= 15 is 0 Å². The summed E-state index contributed by atoms with van der Waals surface area (Å²) < 4.78 is 0. The van der Waals surface area contributed by atoms with Crippen molar-refractivity contribution in [1.29, 1.82) is 0 Å². The number of carbonyl (C=O) groups excluding carboxylic acids is 2. The molecule has 1 aliphatic heterocycles. The summed E-state index contributed by atoms with van der Waals surface area (Å²) >= 11 is 0. The summed E-state index contributed by atoms with van der Waals surface area (Å²) in [5, 5.41) is 2.85. The fraction of sp³-hybridized carbons (Fsp3) is 0.440. The minimum atomic E-state index is -0.252. The SMILES string of the molecule is Cc1ccc(NC(=O)CN(C)C(=O)[C@@H](C)N2CCN(c3cccc(C)c3C)CC2)cc1. The maximum absolute atomic E-state index is 12.9. The van der Waals surface area contributed by atoms with E-state index in [9.17, 15) is 9.59 Å². The van der Waals surface area contributed by atoms with Crippen molar-refractivity contribution in [3.63, 3.8) is 0 Å². The minimum absolute atomic E-state index is 0.0285. The summed E-state index contributed by atoms with van der Waals surface area (Å²) in [4.78, 5) is 31.4. The molecule has 166 valence electrons. The first-order chi connectivity index (χ1) is 14.8. The molecule has 2 aromatic rings. The Hall–Kier alpha value is -2.86. The molecule has 0 radical (unpaired) electrons. The lowest BCUT2D eigenvalue weighted by Crippen LogP contribution is -2.54. The average Bonchev–Trinajstić information content (AvgIpc) is 2.76. The van der Waals surface area contributed by atoms with Gasteiger partial charge in [0.05, 0.1) is 12.6 Å². The van der Waals surface area contributed by atoms with Gasteiger partial charge in [0.25, 0.3) is 0 Å². The first-order valence-electron chi connectivity index (χ1n) is 10.9. The summed E-state index contributed by atoms with van der Waals surface area (Å²) in [6.45, 7) is 11.7. The predicted molar refractivity (Wildman–Crippen MR) is 127 cm³/mol. The number of piperazine rings is 1. The molecule has 0 aromatic heterocycles. The van der Waals surface area contributed by atoms with Gasteiger partial charge in [0.2, 0.25) is 11.8 Å². The van der Waals surface area contributed by atoms with Gasteiger partial charge in [-0.05, 0) is 57.0 Å². The molecule has 3 rings (SSSR count). The number of anilines is 2. The lowest BCUT2D eigenvalue weighted by molar-refractivity contribution is -0.137. The quantitative estimate of drug-likeness (QED) is 0.777. The van der Waals surface area contributed by atoms with Crippen molar-refractivity contribution in [3.05, 3.63) is 59.2 Å². The minimum Gasteiger partial charge on any atom is -0.369 e. The summed E-state index contributed by atoms with van der Waals surface area (Å²) in [6, 6.07) is 13.8. The number of hydrogen-bond donors (Lipinski definition) is 1. The Morgan fingerprint density at radius 2 is 1.65 bits per heavy atom. The largest absolute Gasteiger partial charge is 0.369 e. The first kappa shape index (κ1) is 22.8. The van der Waals surface area contributed by atoms with Crippen molar-refractivity contribution in [1.82, 2.24) is 9.80 Å². The van der Waals surface area contributed by atoms with Crippen molar-refractivity contribution < 1.29 is 9.59 Å². The van der Waals surface area contributed by atoms with Crippen LogP contribution in [0.15, 0.2) is 42.5 Å². The first-order valence-corrected chi connectivity index (χ1v) is 10.9. The molecule has 2 amide bonds. The zero-order valence-electron chi connectivity index (χ0n) is 19.3. The highest BCUT2D eigenvalue weighted by Gasteiger charge is 2.28. The van der Waals surface area contributed by atoms with Gasteiger partial charge in [-0.3, -0.25) is 14.5 Å². The molecule has 6 heteroatoms. The van der Waals surface area contributed by atoms with Gasteiger partial charge in [0, 0.05) is 44.6 Å². The van der Waals surface area contributed by atoms with E-state index in [0.29, 0.717) is 0 Å². The van der Waals surface area contributed by atoms with E-state index < -0.39 is 0 Å². The third-order valence-electron chi connectivity index (χ3n) is 6.23. The van der Waals surface area contributed by atoms with E-state index in [-0.39, 0.29) is 24.4 Å². The molecule has 0 saturated carbocycles. The summed E-state index contributed by atoms with van der Waals surface area (Å²) in [5.74, 6) is -0.217. The molecule has 2 aromatic carbocycles. The smallest absolute Gasteiger partial charge is 0.243 e. The molecule has 1 heterocycles. The normalized spacial score (nSPS) is 15.5. The lowest BCUT2D eigenvalue weighted by Gasteiger charge is -2.40. The number of amides is 2. The molecule has 0 aliphatic carbocycles. The molecule has 0 spiro atoms. The molecule has 6 nitrogen and oxygen atoms in total. The van der Waals surface area contributed by atoms with Crippen molar-refractivity contribution >= 4 is 23.2 Å². The average molecular weight is 423 g/mol. The van der Waals surface area contributed by atoms with Gasteiger partial charge in [-0.25, -0.2) is 0 Å². The molecular weight excluding hydrogens is 388 g/mol. The Bertz CT molecular complexity index is 918. The second-order valence-electron chi connectivity index (χ2n) is 8.53. The molecule has 1 atom stereocenters. The van der Waals surface area contributed by atoms with Gasteiger partial charge in [-0.1, -0.05) is 29.8 Å². The molecular formula is C25H34N4O2. The van der Waals surface area contributed by atoms with Crippen LogP contribution in [0.25, 0.3) is 0 Å². The molecule has 31 heavy (non-hydrogen) atoms. The van der Waals surface area contributed by atoms with E-state index in [1.165, 1.54) is 21.7 Å². The second kappa shape index (κ2) is 9.96. The highest BCUT2D eigenvalue weighted by molar-refractivity contribution is 5.95. The van der Waals surface area contributed by atoms with Crippen LogP contribution < -0.4 is 10.2 Å². The van der Waals surface area contributed by atoms with E-state index in [0.717, 1.165) is 37.4 Å². The zero-order chi connectivity index (χ0) is 22.5. The van der Waals surface area contributed by atoms with Crippen molar-refractivity contribution in [2.45, 2.75) is 33.7 Å². The second-order valence-corrected chi connectivity index (χ2v) is 8.53. The number of nitrogens with one attached hydrogen (secondary N) is 1. The lowest BCUT2D eigenvalue weighted by atomic mass is 10.1. The predicted octanol–water partition coefficient (Wildman–Crippen LogP) is 3.22. The fourth-order valence-electron chi connectivity index (χ4n) is 4.03. The van der Waals surface area contributed by atoms with Crippen LogP contribution in [0.3, 0.4) is 0 Å². The third kappa shape index (κ3) is 5.64. The van der Waals surface area contributed by atoms with E-state index in [4.69, 9.17) is 0 Å². The van der Waals surface area contributed by atoms with Gasteiger partial charge in [-0.15, -0.1) is 0 Å². The fourth-order valence-corrected chi connectivity index (χ4v) is 4.03. The van der Waals surface area contributed by atoms with Crippen LogP contribution in [0.4, 0.5) is 11.4 Å². The molecule has 1 aliphatic rings. The standard InChI is InChI=1S/C25H34N4O2/c1-18-9-11-22(12-10-18)26-24(30)17-27(5)25(31)21(4)28-13-15-29(16-14-28)23-8-6-7-19(2)20(23)3/h6-12,21H,13-17H2,1-5H3,(H,26,30)/t21-/m1/s1. The van der Waals surface area contributed by atoms with Gasteiger partial charge in [0.1, 0.15) is 0 Å². The van der Waals surface area contributed by atoms with Gasteiger partial charge >= 0.3 is 0 Å². The molecule has 1 fully saturated rings. The van der Waals surface area contributed by atoms with E-state index in [2.05, 4.69) is 47.2 Å². The van der Waals surface area contributed by atoms with Crippen molar-refractivity contribution in [3.8, 4) is 0 Å². The van der Waals surface area contributed by atoms with Gasteiger partial charge in [-0.2, -0.15) is 0 Å². The number of carbonyl (C=O) groups is 2.